The predicted molar refractivity (Wildman–Crippen MR) is 121 cm³/mol. The molecule has 0 aliphatic carbocycles. The first-order chi connectivity index (χ1) is 14.7. The first-order valence-corrected chi connectivity index (χ1v) is 10.7. The minimum Gasteiger partial charge on any atom is -0.353 e. The second kappa shape index (κ2) is 6.64. The normalized spacial score (nSPS) is 26.7. The van der Waals surface area contributed by atoms with Gasteiger partial charge in [0.05, 0.1) is 23.6 Å². The number of fused-ring (bicyclic) bond motifs is 5. The maximum absolute atomic E-state index is 13.7. The fraction of sp³-hybridized carbons (Fsp3) is 0.346. The number of benzene rings is 2. The molecule has 2 saturated heterocycles. The van der Waals surface area contributed by atoms with Crippen LogP contribution < -0.4 is 9.80 Å². The number of carbonyl (C=O) groups excluding carboxylic acids is 3. The number of imide groups is 1. The molecule has 3 aliphatic rings. The van der Waals surface area contributed by atoms with E-state index in [1.165, 1.54) is 4.90 Å². The Morgan fingerprint density at radius 3 is 2.23 bits per heavy atom. The highest BCUT2D eigenvalue weighted by atomic mass is 16.2. The van der Waals surface area contributed by atoms with E-state index in [9.17, 15) is 14.4 Å². The highest BCUT2D eigenvalue weighted by Crippen LogP contribution is 2.50. The molecule has 0 N–H and O–H groups in total. The van der Waals surface area contributed by atoms with Crippen LogP contribution in [0.3, 0.4) is 0 Å². The number of ketones is 1. The standard InChI is InChI=1S/C26H26N2O3/c1-15-9-12-17(13-10-15)27-24(30)20-19-14-11-16-7-5-6-8-18(16)28(19)22(21(20)25(27)31)23(29)26(2,3)4/h5-14,19-22H,1-4H3/t19-,20+,21+,22+/m1/s1. The van der Waals surface area contributed by atoms with Crippen molar-refractivity contribution < 1.29 is 14.4 Å². The fourth-order valence-corrected chi connectivity index (χ4v) is 5.21. The van der Waals surface area contributed by atoms with Gasteiger partial charge in [-0.25, -0.2) is 4.90 Å². The third-order valence-corrected chi connectivity index (χ3v) is 6.71. The van der Waals surface area contributed by atoms with Gasteiger partial charge < -0.3 is 4.90 Å². The number of Topliss-reactive ketones (excluding diaryl/α,β-unsaturated/α-hetero) is 1. The molecule has 0 spiro atoms. The Bertz CT molecular complexity index is 1130. The second-order valence-electron chi connectivity index (χ2n) is 9.77. The third kappa shape index (κ3) is 2.79. The maximum Gasteiger partial charge on any atom is 0.240 e. The molecule has 0 unspecified atom stereocenters. The van der Waals surface area contributed by atoms with Crippen molar-refractivity contribution in [1.82, 2.24) is 0 Å². The molecule has 0 saturated carbocycles. The Balaban J connectivity index is 1.65. The van der Waals surface area contributed by atoms with E-state index in [2.05, 4.69) is 0 Å². The largest absolute Gasteiger partial charge is 0.353 e. The van der Waals surface area contributed by atoms with Crippen molar-refractivity contribution in [3.05, 3.63) is 65.7 Å². The molecule has 3 heterocycles. The molecule has 0 aromatic heterocycles. The minimum absolute atomic E-state index is 0.0120. The predicted octanol–water partition coefficient (Wildman–Crippen LogP) is 4.00. The molecular weight excluding hydrogens is 388 g/mol. The van der Waals surface area contributed by atoms with E-state index in [1.54, 1.807) is 12.1 Å². The molecule has 5 nitrogen and oxygen atoms in total. The van der Waals surface area contributed by atoms with Crippen molar-refractivity contribution in [1.29, 1.82) is 0 Å². The number of carbonyl (C=O) groups is 3. The van der Waals surface area contributed by atoms with Crippen LogP contribution >= 0.6 is 0 Å². The molecule has 5 rings (SSSR count). The fourth-order valence-electron chi connectivity index (χ4n) is 5.21. The zero-order chi connectivity index (χ0) is 22.1. The summed E-state index contributed by atoms with van der Waals surface area (Å²) in [6, 6.07) is 14.3. The summed E-state index contributed by atoms with van der Waals surface area (Å²) in [5.74, 6) is -1.78. The van der Waals surface area contributed by atoms with Crippen LogP contribution in [0.25, 0.3) is 6.08 Å². The molecule has 2 aromatic rings. The van der Waals surface area contributed by atoms with Crippen LogP contribution in [0, 0.1) is 24.2 Å². The summed E-state index contributed by atoms with van der Waals surface area (Å²) in [5, 5.41) is 0. The molecule has 2 amide bonds. The molecule has 2 fully saturated rings. The molecule has 5 heteroatoms. The molecule has 3 aliphatic heterocycles. The smallest absolute Gasteiger partial charge is 0.240 e. The number of amides is 2. The molecule has 2 aromatic carbocycles. The molecule has 4 atom stereocenters. The zero-order valence-corrected chi connectivity index (χ0v) is 18.2. The van der Waals surface area contributed by atoms with E-state index >= 15 is 0 Å². The van der Waals surface area contributed by atoms with Crippen LogP contribution in [0.4, 0.5) is 11.4 Å². The number of anilines is 2. The van der Waals surface area contributed by atoms with Crippen LogP contribution in [0.15, 0.2) is 54.6 Å². The summed E-state index contributed by atoms with van der Waals surface area (Å²) in [6.45, 7) is 7.60. The van der Waals surface area contributed by atoms with Gasteiger partial charge in [0.2, 0.25) is 11.8 Å². The van der Waals surface area contributed by atoms with Crippen LogP contribution in [0.1, 0.15) is 31.9 Å². The Kier molecular flexibility index (Phi) is 4.23. The van der Waals surface area contributed by atoms with E-state index in [4.69, 9.17) is 0 Å². The van der Waals surface area contributed by atoms with Crippen LogP contribution in [0.5, 0.6) is 0 Å². The van der Waals surface area contributed by atoms with Gasteiger partial charge in [-0.05, 0) is 30.7 Å². The topological polar surface area (TPSA) is 57.7 Å². The lowest BCUT2D eigenvalue weighted by Gasteiger charge is -2.38. The molecule has 0 bridgehead atoms. The van der Waals surface area contributed by atoms with E-state index in [0.29, 0.717) is 5.69 Å². The average molecular weight is 415 g/mol. The lowest BCUT2D eigenvalue weighted by Crippen LogP contribution is -2.51. The molecular formula is C26H26N2O3. The third-order valence-electron chi connectivity index (χ3n) is 6.71. The van der Waals surface area contributed by atoms with Gasteiger partial charge in [-0.2, -0.15) is 0 Å². The Morgan fingerprint density at radius 1 is 0.903 bits per heavy atom. The number of rotatable bonds is 2. The van der Waals surface area contributed by atoms with Gasteiger partial charge in [0.25, 0.3) is 0 Å². The van der Waals surface area contributed by atoms with Gasteiger partial charge in [0.1, 0.15) is 6.04 Å². The van der Waals surface area contributed by atoms with Crippen LogP contribution in [0.2, 0.25) is 0 Å². The average Bonchev–Trinajstić information content (AvgIpc) is 3.21. The SMILES string of the molecule is Cc1ccc(N2C(=O)[C@@H]3[C@H](C2=O)[C@@H](C(=O)C(C)(C)C)N2c4ccccc4C=C[C@H]32)cc1. The Hall–Kier alpha value is -3.21. The molecule has 31 heavy (non-hydrogen) atoms. The summed E-state index contributed by atoms with van der Waals surface area (Å²) in [5.41, 5.74) is 2.90. The molecule has 0 radical (unpaired) electrons. The van der Waals surface area contributed by atoms with Crippen molar-refractivity contribution >= 4 is 35.0 Å². The Morgan fingerprint density at radius 2 is 1.55 bits per heavy atom. The monoisotopic (exact) mass is 414 g/mol. The van der Waals surface area contributed by atoms with Crippen molar-refractivity contribution in [2.75, 3.05) is 9.80 Å². The quantitative estimate of drug-likeness (QED) is 0.697. The number of aryl methyl sites for hydroxylation is 1. The van der Waals surface area contributed by atoms with E-state index in [-0.39, 0.29) is 23.6 Å². The highest BCUT2D eigenvalue weighted by molar-refractivity contribution is 6.25. The Labute approximate surface area is 182 Å². The first-order valence-electron chi connectivity index (χ1n) is 10.7. The lowest BCUT2D eigenvalue weighted by atomic mass is 9.79. The number of nitrogens with zero attached hydrogens (tertiary/aromatic N) is 2. The summed E-state index contributed by atoms with van der Waals surface area (Å²) in [6.07, 6.45) is 3.99. The summed E-state index contributed by atoms with van der Waals surface area (Å²) < 4.78 is 0. The van der Waals surface area contributed by atoms with Gasteiger partial charge in [-0.1, -0.05) is 68.8 Å². The van der Waals surface area contributed by atoms with Crippen molar-refractivity contribution in [2.45, 2.75) is 39.8 Å². The van der Waals surface area contributed by atoms with E-state index < -0.39 is 23.3 Å². The van der Waals surface area contributed by atoms with E-state index in [0.717, 1.165) is 16.8 Å². The van der Waals surface area contributed by atoms with Crippen molar-refractivity contribution in [2.24, 2.45) is 17.3 Å². The van der Waals surface area contributed by atoms with E-state index in [1.807, 2.05) is 81.1 Å². The summed E-state index contributed by atoms with van der Waals surface area (Å²) >= 11 is 0. The highest BCUT2D eigenvalue weighted by Gasteiger charge is 2.64. The number of hydrogen-bond acceptors (Lipinski definition) is 4. The van der Waals surface area contributed by atoms with Crippen molar-refractivity contribution in [3.63, 3.8) is 0 Å². The number of hydrogen-bond donors (Lipinski definition) is 0. The summed E-state index contributed by atoms with van der Waals surface area (Å²) in [4.78, 5) is 44.3. The number of para-hydroxylation sites is 1. The van der Waals surface area contributed by atoms with Gasteiger partial charge in [0, 0.05) is 11.1 Å². The van der Waals surface area contributed by atoms with Gasteiger partial charge in [0.15, 0.2) is 5.78 Å². The lowest BCUT2D eigenvalue weighted by molar-refractivity contribution is -0.132. The molecule has 158 valence electrons. The minimum atomic E-state index is -0.693. The van der Waals surface area contributed by atoms with Gasteiger partial charge >= 0.3 is 0 Å². The first kappa shape index (κ1) is 19.7. The zero-order valence-electron chi connectivity index (χ0n) is 18.2. The van der Waals surface area contributed by atoms with Gasteiger partial charge in [-0.3, -0.25) is 14.4 Å². The maximum atomic E-state index is 13.7. The summed E-state index contributed by atoms with van der Waals surface area (Å²) in [7, 11) is 0. The van der Waals surface area contributed by atoms with Crippen LogP contribution in [-0.2, 0) is 14.4 Å². The second-order valence-corrected chi connectivity index (χ2v) is 9.77. The van der Waals surface area contributed by atoms with Gasteiger partial charge in [-0.15, -0.1) is 0 Å². The van der Waals surface area contributed by atoms with Crippen molar-refractivity contribution in [3.8, 4) is 0 Å². The van der Waals surface area contributed by atoms with Crippen LogP contribution in [-0.4, -0.2) is 29.7 Å².